The Labute approximate surface area is 225 Å². The van der Waals surface area contributed by atoms with Crippen molar-refractivity contribution < 1.29 is 33.4 Å². The van der Waals surface area contributed by atoms with Crippen LogP contribution < -0.4 is 20.1 Å². The predicted octanol–water partition coefficient (Wildman–Crippen LogP) is 5.68. The topological polar surface area (TPSA) is 114 Å². The minimum absolute atomic E-state index is 0.00660. The fraction of sp³-hybridized carbons (Fsp3) is 0.464. The van der Waals surface area contributed by atoms with E-state index in [1.54, 1.807) is 18.2 Å². The number of ether oxygens (including phenoxy) is 2. The number of halogens is 2. The van der Waals surface area contributed by atoms with Crippen LogP contribution in [0.2, 0.25) is 5.02 Å². The lowest BCUT2D eigenvalue weighted by molar-refractivity contribution is -0.143. The van der Waals surface area contributed by atoms with E-state index in [4.69, 9.17) is 21.1 Å². The molecule has 0 atom stereocenters. The Morgan fingerprint density at radius 2 is 1.82 bits per heavy atom. The molecular formula is C28H32ClFN2O6. The molecule has 0 heterocycles. The summed E-state index contributed by atoms with van der Waals surface area (Å²) < 4.78 is 25.9. The molecule has 3 N–H and O–H groups in total. The van der Waals surface area contributed by atoms with E-state index in [0.29, 0.717) is 32.2 Å². The lowest BCUT2D eigenvalue weighted by atomic mass is 9.70. The number of carboxylic acid groups (broad SMARTS) is 1. The van der Waals surface area contributed by atoms with E-state index in [9.17, 15) is 23.9 Å². The summed E-state index contributed by atoms with van der Waals surface area (Å²) >= 11 is 6.35. The number of anilines is 1. The Bertz CT molecular complexity index is 1220. The Kier molecular flexibility index (Phi) is 8.45. The van der Waals surface area contributed by atoms with Crippen molar-refractivity contribution >= 4 is 35.1 Å². The number of aliphatic carboxylic acids is 1. The molecule has 2 saturated carbocycles. The van der Waals surface area contributed by atoms with Gasteiger partial charge in [-0.05, 0) is 62.1 Å². The lowest BCUT2D eigenvalue weighted by Gasteiger charge is -2.38. The maximum atomic E-state index is 14.8. The molecule has 0 aliphatic heterocycles. The van der Waals surface area contributed by atoms with Gasteiger partial charge in [-0.1, -0.05) is 31.0 Å². The van der Waals surface area contributed by atoms with Crippen molar-refractivity contribution in [3.05, 3.63) is 52.3 Å². The molecule has 0 unspecified atom stereocenters. The molecule has 2 aromatic rings. The van der Waals surface area contributed by atoms with E-state index < -0.39 is 29.5 Å². The monoisotopic (exact) mass is 546 g/mol. The Morgan fingerprint density at radius 3 is 2.42 bits per heavy atom. The molecule has 0 saturated heterocycles. The van der Waals surface area contributed by atoms with Gasteiger partial charge in [0.1, 0.15) is 5.75 Å². The average molecular weight is 547 g/mol. The molecule has 2 aliphatic rings. The summed E-state index contributed by atoms with van der Waals surface area (Å²) in [6.45, 7) is 2.62. The first kappa shape index (κ1) is 27.7. The number of benzene rings is 2. The fourth-order valence-corrected chi connectivity index (χ4v) is 5.23. The predicted molar refractivity (Wildman–Crippen MR) is 141 cm³/mol. The molecule has 0 spiro atoms. The molecule has 204 valence electrons. The maximum Gasteiger partial charge on any atom is 0.306 e. The first-order valence-electron chi connectivity index (χ1n) is 12.8. The van der Waals surface area contributed by atoms with Gasteiger partial charge in [0, 0.05) is 12.6 Å². The van der Waals surface area contributed by atoms with Crippen LogP contribution in [-0.2, 0) is 4.79 Å². The molecule has 38 heavy (non-hydrogen) atoms. The van der Waals surface area contributed by atoms with Gasteiger partial charge in [0.25, 0.3) is 11.8 Å². The van der Waals surface area contributed by atoms with Crippen molar-refractivity contribution in [1.82, 2.24) is 5.32 Å². The van der Waals surface area contributed by atoms with Crippen LogP contribution >= 0.6 is 11.6 Å². The van der Waals surface area contributed by atoms with Gasteiger partial charge in [0.15, 0.2) is 11.6 Å². The molecule has 10 heteroatoms. The van der Waals surface area contributed by atoms with Crippen molar-refractivity contribution in [2.24, 2.45) is 11.3 Å². The van der Waals surface area contributed by atoms with E-state index in [2.05, 4.69) is 17.6 Å². The largest absolute Gasteiger partial charge is 0.496 e. The van der Waals surface area contributed by atoms with Gasteiger partial charge >= 0.3 is 5.97 Å². The number of amides is 2. The second-order valence-corrected chi connectivity index (χ2v) is 10.8. The molecule has 2 fully saturated rings. The van der Waals surface area contributed by atoms with Crippen molar-refractivity contribution in [2.45, 2.75) is 58.0 Å². The number of hydrogen-bond acceptors (Lipinski definition) is 5. The lowest BCUT2D eigenvalue weighted by Crippen LogP contribution is -2.40. The highest BCUT2D eigenvalue weighted by Crippen LogP contribution is 2.39. The van der Waals surface area contributed by atoms with E-state index in [0.717, 1.165) is 25.3 Å². The highest BCUT2D eigenvalue weighted by Gasteiger charge is 2.33. The Hall–Kier alpha value is -3.33. The van der Waals surface area contributed by atoms with Crippen LogP contribution in [0.4, 0.5) is 10.1 Å². The highest BCUT2D eigenvalue weighted by atomic mass is 35.5. The zero-order chi connectivity index (χ0) is 27.4. The van der Waals surface area contributed by atoms with E-state index >= 15 is 0 Å². The molecule has 0 radical (unpaired) electrons. The number of carbonyl (C=O) groups is 3. The van der Waals surface area contributed by atoms with E-state index in [-0.39, 0.29) is 44.9 Å². The SMILES string of the molecule is COc1cc(F)c(OC2CCC(C(=O)O)CC2)cc1C(=O)Nc1cccc(Cl)c1C(=O)NCC1(C)CCC1. The number of rotatable bonds is 9. The minimum Gasteiger partial charge on any atom is -0.496 e. The molecule has 8 nitrogen and oxygen atoms in total. The van der Waals surface area contributed by atoms with E-state index in [1.165, 1.54) is 13.2 Å². The number of carboxylic acids is 1. The zero-order valence-corrected chi connectivity index (χ0v) is 22.2. The average Bonchev–Trinajstić information content (AvgIpc) is 2.87. The summed E-state index contributed by atoms with van der Waals surface area (Å²) in [7, 11) is 1.32. The van der Waals surface area contributed by atoms with Gasteiger partial charge in [0.05, 0.1) is 41.0 Å². The Balaban J connectivity index is 1.52. The maximum absolute atomic E-state index is 14.8. The first-order valence-corrected chi connectivity index (χ1v) is 13.1. The summed E-state index contributed by atoms with van der Waals surface area (Å²) in [4.78, 5) is 37.5. The minimum atomic E-state index is -0.843. The molecular weight excluding hydrogens is 515 g/mol. The molecule has 2 aliphatic carbocycles. The first-order chi connectivity index (χ1) is 18.1. The smallest absolute Gasteiger partial charge is 0.306 e. The summed E-state index contributed by atoms with van der Waals surface area (Å²) in [5.41, 5.74) is 0.416. The number of carbonyl (C=O) groups excluding carboxylic acids is 2. The highest BCUT2D eigenvalue weighted by molar-refractivity contribution is 6.35. The second kappa shape index (κ2) is 11.6. The van der Waals surface area contributed by atoms with Crippen molar-refractivity contribution in [3.63, 3.8) is 0 Å². The van der Waals surface area contributed by atoms with Gasteiger partial charge in [-0.3, -0.25) is 14.4 Å². The van der Waals surface area contributed by atoms with Gasteiger partial charge < -0.3 is 25.2 Å². The number of hydrogen-bond donors (Lipinski definition) is 3. The molecule has 2 amide bonds. The van der Waals surface area contributed by atoms with Gasteiger partial charge in [-0.25, -0.2) is 4.39 Å². The van der Waals surface area contributed by atoms with Crippen LogP contribution in [0.5, 0.6) is 11.5 Å². The quantitative estimate of drug-likeness (QED) is 0.373. The molecule has 4 rings (SSSR count). The molecule has 2 aromatic carbocycles. The van der Waals surface area contributed by atoms with Crippen molar-refractivity contribution in [1.29, 1.82) is 0 Å². The third kappa shape index (κ3) is 6.20. The summed E-state index contributed by atoms with van der Waals surface area (Å²) in [6.07, 6.45) is 4.63. The molecule has 0 bridgehead atoms. The van der Waals surface area contributed by atoms with Crippen LogP contribution in [-0.4, -0.2) is 42.6 Å². The number of nitrogens with one attached hydrogen (secondary N) is 2. The fourth-order valence-electron chi connectivity index (χ4n) is 4.97. The van der Waals surface area contributed by atoms with Crippen LogP contribution in [0, 0.1) is 17.2 Å². The second-order valence-electron chi connectivity index (χ2n) is 10.4. The molecule has 0 aromatic heterocycles. The number of methoxy groups -OCH3 is 1. The van der Waals surface area contributed by atoms with Crippen LogP contribution in [0.3, 0.4) is 0 Å². The third-order valence-corrected chi connectivity index (χ3v) is 7.86. The summed E-state index contributed by atoms with van der Waals surface area (Å²) in [5, 5.41) is 15.0. The third-order valence-electron chi connectivity index (χ3n) is 7.54. The van der Waals surface area contributed by atoms with Crippen LogP contribution in [0.15, 0.2) is 30.3 Å². The zero-order valence-electron chi connectivity index (χ0n) is 21.4. The van der Waals surface area contributed by atoms with Gasteiger partial charge in [0.2, 0.25) is 0 Å². The van der Waals surface area contributed by atoms with Gasteiger partial charge in [-0.15, -0.1) is 0 Å². The van der Waals surface area contributed by atoms with Gasteiger partial charge in [-0.2, -0.15) is 0 Å². The van der Waals surface area contributed by atoms with Crippen LogP contribution in [0.1, 0.15) is 72.6 Å². The van der Waals surface area contributed by atoms with Crippen molar-refractivity contribution in [2.75, 3.05) is 19.0 Å². The standard InChI is InChI=1S/C28H32ClFN2O6/c1-28(11-4-12-28)15-31-26(34)24-19(29)5-3-6-21(24)32-25(33)18-13-23(20(30)14-22(18)37-2)38-17-9-7-16(8-10-17)27(35)36/h3,5-6,13-14,16-17H,4,7-12,15H2,1-2H3,(H,31,34)(H,32,33)(H,35,36). The van der Waals surface area contributed by atoms with Crippen molar-refractivity contribution in [3.8, 4) is 11.5 Å². The van der Waals surface area contributed by atoms with Crippen LogP contribution in [0.25, 0.3) is 0 Å². The normalized spacial score (nSPS) is 20.1. The Morgan fingerprint density at radius 1 is 1.11 bits per heavy atom. The summed E-state index contributed by atoms with van der Waals surface area (Å²) in [6, 6.07) is 7.08. The van der Waals surface area contributed by atoms with E-state index in [1.807, 2.05) is 0 Å². The summed E-state index contributed by atoms with van der Waals surface area (Å²) in [5.74, 6) is -3.15.